The van der Waals surface area contributed by atoms with E-state index in [1.807, 2.05) is 6.07 Å². The highest BCUT2D eigenvalue weighted by atomic mass is 79.9. The van der Waals surface area contributed by atoms with E-state index in [0.29, 0.717) is 16.9 Å². The summed E-state index contributed by atoms with van der Waals surface area (Å²) in [5.41, 5.74) is 1.50. The van der Waals surface area contributed by atoms with Crippen LogP contribution < -0.4 is 10.6 Å². The molecule has 0 aliphatic carbocycles. The van der Waals surface area contributed by atoms with Gasteiger partial charge < -0.3 is 10.6 Å². The van der Waals surface area contributed by atoms with Gasteiger partial charge in [0.25, 0.3) is 0 Å². The number of rotatable bonds is 3. The fourth-order valence-corrected chi connectivity index (χ4v) is 2.13. The third-order valence-electron chi connectivity index (χ3n) is 2.84. The largest absolute Gasteiger partial charge is 0.318 e. The number of nitrogens with one attached hydrogen (secondary N) is 2. The Bertz CT molecular complexity index is 726. The Morgan fingerprint density at radius 1 is 0.864 bits per heavy atom. The highest BCUT2D eigenvalue weighted by Crippen LogP contribution is 2.16. The molecule has 5 nitrogen and oxygen atoms in total. The molecule has 0 unspecified atom stereocenters. The number of benzene rings is 2. The Labute approximate surface area is 135 Å². The highest BCUT2D eigenvalue weighted by Gasteiger charge is 2.14. The van der Waals surface area contributed by atoms with Crippen molar-refractivity contribution in [3.8, 4) is 0 Å². The average Bonchev–Trinajstić information content (AvgIpc) is 2.47. The number of ketones is 1. The summed E-state index contributed by atoms with van der Waals surface area (Å²) in [5, 5.41) is 4.97. The van der Waals surface area contributed by atoms with Crippen molar-refractivity contribution in [1.82, 2.24) is 0 Å². The van der Waals surface area contributed by atoms with Crippen molar-refractivity contribution in [2.24, 2.45) is 0 Å². The van der Waals surface area contributed by atoms with Gasteiger partial charge in [0.05, 0.1) is 0 Å². The second-order valence-corrected chi connectivity index (χ2v) is 5.47. The number of carbonyl (C=O) groups is 3. The summed E-state index contributed by atoms with van der Waals surface area (Å²) < 4.78 is 0.797. The maximum absolute atomic E-state index is 11.8. The van der Waals surface area contributed by atoms with E-state index in [1.54, 1.807) is 42.5 Å². The van der Waals surface area contributed by atoms with Crippen molar-refractivity contribution in [1.29, 1.82) is 0 Å². The van der Waals surface area contributed by atoms with Crippen molar-refractivity contribution in [2.75, 3.05) is 10.6 Å². The van der Waals surface area contributed by atoms with Crippen LogP contribution in [0.2, 0.25) is 0 Å². The van der Waals surface area contributed by atoms with Crippen molar-refractivity contribution >= 4 is 44.9 Å². The summed E-state index contributed by atoms with van der Waals surface area (Å²) >= 11 is 3.28. The molecule has 2 aromatic rings. The average molecular weight is 361 g/mol. The number of amides is 2. The minimum absolute atomic E-state index is 0.0646. The van der Waals surface area contributed by atoms with E-state index >= 15 is 0 Å². The lowest BCUT2D eigenvalue weighted by Crippen LogP contribution is -2.29. The Morgan fingerprint density at radius 3 is 2.00 bits per heavy atom. The predicted molar refractivity (Wildman–Crippen MR) is 87.8 cm³/mol. The van der Waals surface area contributed by atoms with E-state index in [-0.39, 0.29) is 5.78 Å². The zero-order chi connectivity index (χ0) is 16.1. The smallest absolute Gasteiger partial charge is 0.314 e. The molecular formula is C16H13BrN2O3. The van der Waals surface area contributed by atoms with E-state index < -0.39 is 11.8 Å². The van der Waals surface area contributed by atoms with Crippen LogP contribution >= 0.6 is 15.9 Å². The molecule has 2 amide bonds. The molecule has 0 spiro atoms. The van der Waals surface area contributed by atoms with Crippen LogP contribution in [-0.4, -0.2) is 17.6 Å². The molecule has 0 saturated heterocycles. The van der Waals surface area contributed by atoms with Gasteiger partial charge in [0.1, 0.15) is 0 Å². The van der Waals surface area contributed by atoms with Crippen LogP contribution in [0.25, 0.3) is 0 Å². The van der Waals surface area contributed by atoms with Gasteiger partial charge in [0.2, 0.25) is 0 Å². The van der Waals surface area contributed by atoms with Crippen LogP contribution in [0.1, 0.15) is 17.3 Å². The number of hydrogen-bond donors (Lipinski definition) is 2. The first-order valence-electron chi connectivity index (χ1n) is 6.44. The topological polar surface area (TPSA) is 75.3 Å². The van der Waals surface area contributed by atoms with E-state index in [1.165, 1.54) is 6.92 Å². The number of anilines is 2. The monoisotopic (exact) mass is 360 g/mol. The van der Waals surface area contributed by atoms with Gasteiger partial charge in [-0.3, -0.25) is 14.4 Å². The van der Waals surface area contributed by atoms with E-state index in [0.717, 1.165) is 4.47 Å². The molecule has 0 aliphatic heterocycles. The molecule has 0 aliphatic rings. The lowest BCUT2D eigenvalue weighted by Gasteiger charge is -2.07. The number of Topliss-reactive ketones (excluding diaryl/α,β-unsaturated/α-hetero) is 1. The lowest BCUT2D eigenvalue weighted by atomic mass is 10.1. The first-order chi connectivity index (χ1) is 10.5. The highest BCUT2D eigenvalue weighted by molar-refractivity contribution is 9.10. The van der Waals surface area contributed by atoms with Gasteiger partial charge in [-0.15, -0.1) is 0 Å². The number of halogens is 1. The molecule has 2 aromatic carbocycles. The van der Waals surface area contributed by atoms with Crippen molar-refractivity contribution < 1.29 is 14.4 Å². The lowest BCUT2D eigenvalue weighted by molar-refractivity contribution is -0.132. The summed E-state index contributed by atoms with van der Waals surface area (Å²) in [4.78, 5) is 34.8. The van der Waals surface area contributed by atoms with Crippen molar-refractivity contribution in [2.45, 2.75) is 6.92 Å². The molecule has 112 valence electrons. The minimum atomic E-state index is -0.782. The van der Waals surface area contributed by atoms with Crippen molar-refractivity contribution in [3.63, 3.8) is 0 Å². The summed E-state index contributed by atoms with van der Waals surface area (Å²) in [5.74, 6) is -1.62. The van der Waals surface area contributed by atoms with Gasteiger partial charge in [0.15, 0.2) is 5.78 Å². The van der Waals surface area contributed by atoms with Crippen LogP contribution in [0, 0.1) is 0 Å². The molecule has 0 heterocycles. The molecule has 2 N–H and O–H groups in total. The molecule has 22 heavy (non-hydrogen) atoms. The van der Waals surface area contributed by atoms with Crippen LogP contribution in [0.5, 0.6) is 0 Å². The predicted octanol–water partition coefficient (Wildman–Crippen LogP) is 3.23. The third-order valence-corrected chi connectivity index (χ3v) is 3.33. The summed E-state index contributed by atoms with van der Waals surface area (Å²) in [6.07, 6.45) is 0. The zero-order valence-corrected chi connectivity index (χ0v) is 13.3. The maximum Gasteiger partial charge on any atom is 0.314 e. The van der Waals surface area contributed by atoms with Crippen LogP contribution in [-0.2, 0) is 9.59 Å². The third kappa shape index (κ3) is 4.26. The van der Waals surface area contributed by atoms with Crippen LogP contribution in [0.4, 0.5) is 11.4 Å². The fraction of sp³-hybridized carbons (Fsp3) is 0.0625. The van der Waals surface area contributed by atoms with Gasteiger partial charge >= 0.3 is 11.8 Å². The first-order valence-corrected chi connectivity index (χ1v) is 7.24. The fourth-order valence-electron chi connectivity index (χ4n) is 1.73. The molecule has 0 atom stereocenters. The Balaban J connectivity index is 1.99. The SMILES string of the molecule is CC(=O)c1ccc(NC(=O)C(=O)Nc2cccc(Br)c2)cc1. The van der Waals surface area contributed by atoms with Gasteiger partial charge in [-0.25, -0.2) is 0 Å². The Kier molecular flexibility index (Phi) is 5.06. The molecule has 6 heteroatoms. The van der Waals surface area contributed by atoms with Crippen LogP contribution in [0.15, 0.2) is 53.0 Å². The Morgan fingerprint density at radius 2 is 1.45 bits per heavy atom. The van der Waals surface area contributed by atoms with Crippen molar-refractivity contribution in [3.05, 3.63) is 58.6 Å². The molecule has 0 saturated carbocycles. The quantitative estimate of drug-likeness (QED) is 0.651. The Hall–Kier alpha value is -2.47. The maximum atomic E-state index is 11.8. The number of hydrogen-bond acceptors (Lipinski definition) is 3. The van der Waals surface area contributed by atoms with E-state index in [4.69, 9.17) is 0 Å². The molecule has 0 aromatic heterocycles. The molecule has 0 radical (unpaired) electrons. The van der Waals surface area contributed by atoms with Gasteiger partial charge in [0, 0.05) is 21.4 Å². The molecule has 0 fully saturated rings. The zero-order valence-electron chi connectivity index (χ0n) is 11.7. The van der Waals surface area contributed by atoms with E-state index in [2.05, 4.69) is 26.6 Å². The van der Waals surface area contributed by atoms with E-state index in [9.17, 15) is 14.4 Å². The summed E-state index contributed by atoms with van der Waals surface area (Å²) in [7, 11) is 0. The van der Waals surface area contributed by atoms with Gasteiger partial charge in [-0.2, -0.15) is 0 Å². The first kappa shape index (κ1) is 15.9. The van der Waals surface area contributed by atoms with Gasteiger partial charge in [-0.1, -0.05) is 22.0 Å². The summed E-state index contributed by atoms with van der Waals surface area (Å²) in [6, 6.07) is 13.2. The molecular weight excluding hydrogens is 348 g/mol. The van der Waals surface area contributed by atoms with Gasteiger partial charge in [-0.05, 0) is 49.4 Å². The minimum Gasteiger partial charge on any atom is -0.318 e. The van der Waals surface area contributed by atoms with Crippen LogP contribution in [0.3, 0.4) is 0 Å². The number of carbonyl (C=O) groups excluding carboxylic acids is 3. The second kappa shape index (κ2) is 7.00. The summed E-state index contributed by atoms with van der Waals surface area (Å²) in [6.45, 7) is 1.46. The molecule has 2 rings (SSSR count). The second-order valence-electron chi connectivity index (χ2n) is 4.55. The standard InChI is InChI=1S/C16H13BrN2O3/c1-10(20)11-5-7-13(8-6-11)18-15(21)16(22)19-14-4-2-3-12(17)9-14/h2-9H,1H3,(H,18,21)(H,19,22). The molecule has 0 bridgehead atoms. The normalized spacial score (nSPS) is 9.91.